The van der Waals surface area contributed by atoms with Crippen molar-refractivity contribution in [3.8, 4) is 5.75 Å². The summed E-state index contributed by atoms with van der Waals surface area (Å²) in [5.41, 5.74) is 1.98. The van der Waals surface area contributed by atoms with Crippen LogP contribution in [0.4, 0.5) is 5.69 Å². The van der Waals surface area contributed by atoms with E-state index in [0.717, 1.165) is 16.1 Å². The van der Waals surface area contributed by atoms with Crippen LogP contribution in [0.2, 0.25) is 0 Å². The van der Waals surface area contributed by atoms with Gasteiger partial charge in [-0.25, -0.2) is 17.9 Å². The molecule has 0 fully saturated rings. The van der Waals surface area contributed by atoms with Crippen LogP contribution in [0.15, 0.2) is 51.8 Å². The molecule has 2 N–H and O–H groups in total. The lowest BCUT2D eigenvalue weighted by Gasteiger charge is -2.09. The topological polar surface area (TPSA) is 111 Å². The molecule has 10 heteroatoms. The van der Waals surface area contributed by atoms with Crippen molar-refractivity contribution in [2.45, 2.75) is 11.8 Å². The van der Waals surface area contributed by atoms with Crippen molar-refractivity contribution in [1.29, 1.82) is 0 Å². The van der Waals surface area contributed by atoms with E-state index in [1.165, 1.54) is 32.4 Å². The summed E-state index contributed by atoms with van der Waals surface area (Å²) in [5.74, 6) is -1.06. The molecule has 0 aliphatic heterocycles. The van der Waals surface area contributed by atoms with Gasteiger partial charge >= 0.3 is 5.97 Å². The number of rotatable bonds is 8. The van der Waals surface area contributed by atoms with E-state index in [9.17, 15) is 18.0 Å². The van der Waals surface area contributed by atoms with Gasteiger partial charge in [-0.1, -0.05) is 22.0 Å². The van der Waals surface area contributed by atoms with Crippen LogP contribution in [0.25, 0.3) is 6.08 Å². The van der Waals surface area contributed by atoms with E-state index in [0.29, 0.717) is 11.3 Å². The molecule has 8 nitrogen and oxygen atoms in total. The number of amides is 1. The zero-order valence-corrected chi connectivity index (χ0v) is 19.0. The second-order valence-electron chi connectivity index (χ2n) is 6.07. The fraction of sp³-hybridized carbons (Fsp3) is 0.200. The predicted octanol–water partition coefficient (Wildman–Crippen LogP) is 2.87. The van der Waals surface area contributed by atoms with Crippen LogP contribution in [0, 0.1) is 6.92 Å². The van der Waals surface area contributed by atoms with E-state index in [-0.39, 0.29) is 10.6 Å². The lowest BCUT2D eigenvalue weighted by molar-refractivity contribution is -0.142. The van der Waals surface area contributed by atoms with Crippen LogP contribution in [0.1, 0.15) is 11.1 Å². The molecule has 0 aliphatic carbocycles. The highest BCUT2D eigenvalue weighted by molar-refractivity contribution is 9.10. The minimum absolute atomic E-state index is 0.0628. The quantitative estimate of drug-likeness (QED) is 0.429. The summed E-state index contributed by atoms with van der Waals surface area (Å²) in [6.45, 7) is 1.43. The number of methoxy groups -OCH3 is 1. The van der Waals surface area contributed by atoms with Gasteiger partial charge in [0.25, 0.3) is 5.91 Å². The Hall–Kier alpha value is -2.69. The van der Waals surface area contributed by atoms with Crippen molar-refractivity contribution in [3.63, 3.8) is 0 Å². The summed E-state index contributed by atoms with van der Waals surface area (Å²) in [5, 5.41) is 2.63. The van der Waals surface area contributed by atoms with Crippen LogP contribution in [-0.2, 0) is 24.3 Å². The third-order valence-electron chi connectivity index (χ3n) is 3.95. The molecule has 0 saturated carbocycles. The molecule has 0 saturated heterocycles. The van der Waals surface area contributed by atoms with Crippen LogP contribution in [0.3, 0.4) is 0 Å². The molecule has 2 aromatic rings. The Labute approximate surface area is 183 Å². The Bertz CT molecular complexity index is 1080. The van der Waals surface area contributed by atoms with E-state index in [1.807, 2.05) is 6.92 Å². The van der Waals surface area contributed by atoms with Crippen LogP contribution in [0.5, 0.6) is 5.75 Å². The molecule has 0 aromatic heterocycles. The average molecular weight is 497 g/mol. The molecule has 0 spiro atoms. The second-order valence-corrected chi connectivity index (χ2v) is 8.78. The van der Waals surface area contributed by atoms with Crippen LogP contribution < -0.4 is 14.8 Å². The number of ether oxygens (including phenoxy) is 2. The molecular weight excluding hydrogens is 476 g/mol. The Balaban J connectivity index is 1.98. The van der Waals surface area contributed by atoms with Gasteiger partial charge in [0, 0.05) is 16.2 Å². The standard InChI is InChI=1S/C20H21BrN2O6S/c1-13-10-15(6-7-16(13)21)23-19(24)12-29-20(25)9-5-14-4-8-17(28-3)18(11-14)30(26,27)22-2/h4-11,22H,12H2,1-3H3,(H,23,24)/b9-5+. The molecule has 0 radical (unpaired) electrons. The number of carbonyl (C=O) groups excluding carboxylic acids is 2. The summed E-state index contributed by atoms with van der Waals surface area (Å²) < 4.78 is 37.3. The van der Waals surface area contributed by atoms with E-state index in [4.69, 9.17) is 9.47 Å². The van der Waals surface area contributed by atoms with Gasteiger partial charge in [-0.2, -0.15) is 0 Å². The SMILES string of the molecule is CNS(=O)(=O)c1cc(/C=C/C(=O)OCC(=O)Nc2ccc(Br)c(C)c2)ccc1OC. The van der Waals surface area contributed by atoms with Gasteiger partial charge in [0.05, 0.1) is 7.11 Å². The maximum absolute atomic E-state index is 12.1. The lowest BCUT2D eigenvalue weighted by atomic mass is 10.2. The summed E-state index contributed by atoms with van der Waals surface area (Å²) >= 11 is 3.38. The number of anilines is 1. The number of halogens is 1. The number of nitrogens with one attached hydrogen (secondary N) is 2. The molecule has 2 rings (SSSR count). The smallest absolute Gasteiger partial charge is 0.331 e. The van der Waals surface area contributed by atoms with Crippen molar-refractivity contribution < 1.29 is 27.5 Å². The Morgan fingerprint density at radius 3 is 2.53 bits per heavy atom. The minimum Gasteiger partial charge on any atom is -0.495 e. The van der Waals surface area contributed by atoms with Gasteiger partial charge < -0.3 is 14.8 Å². The third kappa shape index (κ3) is 6.41. The maximum atomic E-state index is 12.1. The Kier molecular flexibility index (Phi) is 8.16. The summed E-state index contributed by atoms with van der Waals surface area (Å²) in [7, 11) is -1.09. The summed E-state index contributed by atoms with van der Waals surface area (Å²) in [6, 6.07) is 9.72. The van der Waals surface area contributed by atoms with Crippen LogP contribution in [-0.4, -0.2) is 41.1 Å². The molecule has 1 amide bonds. The van der Waals surface area contributed by atoms with Crippen LogP contribution >= 0.6 is 15.9 Å². The van der Waals surface area contributed by atoms with Crippen molar-refractivity contribution in [2.75, 3.05) is 26.1 Å². The highest BCUT2D eigenvalue weighted by Gasteiger charge is 2.17. The number of esters is 1. The minimum atomic E-state index is -3.74. The van der Waals surface area contributed by atoms with E-state index in [2.05, 4.69) is 26.0 Å². The van der Waals surface area contributed by atoms with Crippen molar-refractivity contribution in [1.82, 2.24) is 4.72 Å². The monoisotopic (exact) mass is 496 g/mol. The first-order chi connectivity index (χ1) is 14.2. The maximum Gasteiger partial charge on any atom is 0.331 e. The summed E-state index contributed by atoms with van der Waals surface area (Å²) in [4.78, 5) is 23.8. The molecule has 30 heavy (non-hydrogen) atoms. The van der Waals surface area contributed by atoms with Gasteiger partial charge in [-0.15, -0.1) is 0 Å². The highest BCUT2D eigenvalue weighted by atomic mass is 79.9. The van der Waals surface area contributed by atoms with Gasteiger partial charge in [0.1, 0.15) is 10.6 Å². The molecule has 160 valence electrons. The molecule has 0 atom stereocenters. The first kappa shape index (κ1) is 23.6. The Morgan fingerprint density at radius 1 is 1.17 bits per heavy atom. The molecular formula is C20H21BrN2O6S. The van der Waals surface area contributed by atoms with E-state index in [1.54, 1.807) is 24.3 Å². The molecule has 2 aromatic carbocycles. The normalized spacial score (nSPS) is 11.3. The van der Waals surface area contributed by atoms with Gasteiger partial charge in [0.2, 0.25) is 10.0 Å². The highest BCUT2D eigenvalue weighted by Crippen LogP contribution is 2.25. The van der Waals surface area contributed by atoms with E-state index < -0.39 is 28.5 Å². The molecule has 0 aliphatic rings. The molecule has 0 bridgehead atoms. The number of benzene rings is 2. The fourth-order valence-corrected chi connectivity index (χ4v) is 3.56. The number of hydrogen-bond donors (Lipinski definition) is 2. The molecule has 0 heterocycles. The lowest BCUT2D eigenvalue weighted by Crippen LogP contribution is -2.20. The summed E-state index contributed by atoms with van der Waals surface area (Å²) in [6.07, 6.45) is 2.49. The first-order valence-electron chi connectivity index (χ1n) is 8.68. The second kappa shape index (κ2) is 10.4. The predicted molar refractivity (Wildman–Crippen MR) is 117 cm³/mol. The fourth-order valence-electron chi connectivity index (χ4n) is 2.39. The number of carbonyl (C=O) groups is 2. The molecule has 0 unspecified atom stereocenters. The zero-order chi connectivity index (χ0) is 22.3. The van der Waals surface area contributed by atoms with Crippen molar-refractivity contribution >= 4 is 49.6 Å². The first-order valence-corrected chi connectivity index (χ1v) is 11.0. The Morgan fingerprint density at radius 2 is 1.90 bits per heavy atom. The zero-order valence-electron chi connectivity index (χ0n) is 16.6. The van der Waals surface area contributed by atoms with Crippen molar-refractivity contribution in [2.24, 2.45) is 0 Å². The number of aryl methyl sites for hydroxylation is 1. The van der Waals surface area contributed by atoms with Gasteiger partial charge in [0.15, 0.2) is 6.61 Å². The number of sulfonamides is 1. The van der Waals surface area contributed by atoms with Gasteiger partial charge in [-0.05, 0) is 61.5 Å². The van der Waals surface area contributed by atoms with Gasteiger partial charge in [-0.3, -0.25) is 4.79 Å². The average Bonchev–Trinajstić information content (AvgIpc) is 2.73. The third-order valence-corrected chi connectivity index (χ3v) is 6.27. The number of hydrogen-bond acceptors (Lipinski definition) is 6. The van der Waals surface area contributed by atoms with Crippen molar-refractivity contribution in [3.05, 3.63) is 58.1 Å². The van der Waals surface area contributed by atoms with E-state index >= 15 is 0 Å². The largest absolute Gasteiger partial charge is 0.495 e.